The second-order valence-electron chi connectivity index (χ2n) is 6.68. The van der Waals surface area contributed by atoms with Gasteiger partial charge in [0.15, 0.2) is 5.11 Å². The summed E-state index contributed by atoms with van der Waals surface area (Å²) in [5.41, 5.74) is 0.652. The molecule has 0 unspecified atom stereocenters. The van der Waals surface area contributed by atoms with Gasteiger partial charge >= 0.3 is 0 Å². The molecule has 0 aliphatic heterocycles. The lowest BCUT2D eigenvalue weighted by molar-refractivity contribution is -0.384. The fourth-order valence-electron chi connectivity index (χ4n) is 2.86. The Bertz CT molecular complexity index is 584. The van der Waals surface area contributed by atoms with E-state index in [4.69, 9.17) is 17.0 Å². The molecule has 0 spiro atoms. The number of ether oxygens (including phenoxy) is 1. The van der Waals surface area contributed by atoms with Crippen molar-refractivity contribution < 1.29 is 9.66 Å². The van der Waals surface area contributed by atoms with Crippen molar-refractivity contribution >= 4 is 28.7 Å². The Morgan fingerprint density at radius 3 is 2.19 bits per heavy atom. The lowest BCUT2D eigenvalue weighted by Crippen LogP contribution is -2.36. The number of non-ortho nitro benzene ring substituents is 1. The molecule has 0 aromatic heterocycles. The normalized spacial score (nSPS) is 10.5. The molecule has 0 saturated heterocycles. The number of nitro benzene ring substituents is 1. The van der Waals surface area contributed by atoms with Crippen molar-refractivity contribution in [3.05, 3.63) is 28.3 Å². The first kappa shape index (κ1) is 23.1. The van der Waals surface area contributed by atoms with Gasteiger partial charge in [-0.2, -0.15) is 0 Å². The van der Waals surface area contributed by atoms with Gasteiger partial charge < -0.3 is 15.0 Å². The molecule has 27 heavy (non-hydrogen) atoms. The van der Waals surface area contributed by atoms with Crippen molar-refractivity contribution in [2.24, 2.45) is 0 Å². The molecule has 152 valence electrons. The Morgan fingerprint density at radius 2 is 1.70 bits per heavy atom. The number of anilines is 1. The van der Waals surface area contributed by atoms with Crippen molar-refractivity contribution in [3.8, 4) is 5.75 Å². The third-order valence-electron chi connectivity index (χ3n) is 4.49. The molecular formula is C20H33N3O3S. The number of thiocarbonyl (C=S) groups is 1. The summed E-state index contributed by atoms with van der Waals surface area (Å²) in [4.78, 5) is 12.7. The van der Waals surface area contributed by atoms with Crippen LogP contribution in [0.25, 0.3) is 0 Å². The quantitative estimate of drug-likeness (QED) is 0.198. The Morgan fingerprint density at radius 1 is 1.11 bits per heavy atom. The molecule has 1 aromatic rings. The van der Waals surface area contributed by atoms with Gasteiger partial charge in [0, 0.05) is 19.2 Å². The maximum atomic E-state index is 10.9. The Kier molecular flexibility index (Phi) is 11.4. The van der Waals surface area contributed by atoms with Crippen molar-refractivity contribution in [3.63, 3.8) is 0 Å². The van der Waals surface area contributed by atoms with Crippen molar-refractivity contribution in [2.75, 3.05) is 25.5 Å². The zero-order valence-electron chi connectivity index (χ0n) is 16.8. The molecule has 6 nitrogen and oxygen atoms in total. The molecule has 0 bridgehead atoms. The van der Waals surface area contributed by atoms with Gasteiger partial charge in [-0.15, -0.1) is 0 Å². The topological polar surface area (TPSA) is 67.6 Å². The molecule has 0 saturated carbocycles. The highest BCUT2D eigenvalue weighted by Crippen LogP contribution is 2.29. The number of nitro groups is 1. The summed E-state index contributed by atoms with van der Waals surface area (Å²) < 4.78 is 5.30. The van der Waals surface area contributed by atoms with Crippen LogP contribution in [-0.4, -0.2) is 35.1 Å². The lowest BCUT2D eigenvalue weighted by Gasteiger charge is -2.26. The highest BCUT2D eigenvalue weighted by atomic mass is 32.1. The zero-order valence-corrected chi connectivity index (χ0v) is 17.6. The van der Waals surface area contributed by atoms with Crippen molar-refractivity contribution in [1.29, 1.82) is 0 Å². The standard InChI is InChI=1S/C20H33N3O3S/c1-4-6-8-10-14-22(15-11-9-7-5-2)20(27)21-18-13-12-17(23(24)25)16-19(18)26-3/h12-13,16H,4-11,14-15H2,1-3H3,(H,21,27). The molecule has 1 rings (SSSR count). The van der Waals surface area contributed by atoms with Crippen LogP contribution in [0.5, 0.6) is 5.75 Å². The van der Waals surface area contributed by atoms with Gasteiger partial charge in [0.2, 0.25) is 0 Å². The molecule has 0 radical (unpaired) electrons. The van der Waals surface area contributed by atoms with Gasteiger partial charge in [-0.05, 0) is 31.1 Å². The molecule has 1 aromatic carbocycles. The summed E-state index contributed by atoms with van der Waals surface area (Å²) >= 11 is 5.63. The minimum absolute atomic E-state index is 0.000643. The number of nitrogens with one attached hydrogen (secondary N) is 1. The Labute approximate surface area is 168 Å². The summed E-state index contributed by atoms with van der Waals surface area (Å²) in [7, 11) is 1.50. The molecule has 1 N–H and O–H groups in total. The fourth-order valence-corrected chi connectivity index (χ4v) is 3.16. The minimum Gasteiger partial charge on any atom is -0.494 e. The summed E-state index contributed by atoms with van der Waals surface area (Å²) in [5.74, 6) is 0.420. The van der Waals surface area contributed by atoms with Gasteiger partial charge in [-0.25, -0.2) is 0 Å². The molecule has 0 aliphatic carbocycles. The van der Waals surface area contributed by atoms with Gasteiger partial charge in [-0.1, -0.05) is 52.4 Å². The largest absolute Gasteiger partial charge is 0.494 e. The number of hydrogen-bond acceptors (Lipinski definition) is 4. The number of rotatable bonds is 13. The van der Waals surface area contributed by atoms with Crippen LogP contribution in [0.4, 0.5) is 11.4 Å². The summed E-state index contributed by atoms with van der Waals surface area (Å²) in [6, 6.07) is 4.52. The fraction of sp³-hybridized carbons (Fsp3) is 0.650. The third kappa shape index (κ3) is 8.56. The van der Waals surface area contributed by atoms with Crippen LogP contribution in [0, 0.1) is 10.1 Å². The first-order valence-corrected chi connectivity index (χ1v) is 10.3. The zero-order chi connectivity index (χ0) is 20.1. The second kappa shape index (κ2) is 13.3. The van der Waals surface area contributed by atoms with Gasteiger partial charge in [0.1, 0.15) is 5.75 Å². The van der Waals surface area contributed by atoms with Crippen molar-refractivity contribution in [1.82, 2.24) is 4.90 Å². The number of unbranched alkanes of at least 4 members (excludes halogenated alkanes) is 6. The minimum atomic E-state index is -0.432. The average Bonchev–Trinajstić information content (AvgIpc) is 2.66. The first-order chi connectivity index (χ1) is 13.0. The average molecular weight is 396 g/mol. The van der Waals surface area contributed by atoms with E-state index in [-0.39, 0.29) is 5.69 Å². The van der Waals surface area contributed by atoms with Gasteiger partial charge in [0.05, 0.1) is 23.8 Å². The van der Waals surface area contributed by atoms with E-state index < -0.39 is 4.92 Å². The summed E-state index contributed by atoms with van der Waals surface area (Å²) in [6.45, 7) is 6.26. The Balaban J connectivity index is 2.76. The Hall–Kier alpha value is -1.89. The number of methoxy groups -OCH3 is 1. The highest BCUT2D eigenvalue weighted by Gasteiger charge is 2.15. The summed E-state index contributed by atoms with van der Waals surface area (Å²) in [6.07, 6.45) is 9.51. The van der Waals surface area contributed by atoms with Crippen LogP contribution in [-0.2, 0) is 0 Å². The SMILES string of the molecule is CCCCCCN(CCCCCC)C(=S)Nc1ccc([N+](=O)[O-])cc1OC. The van der Waals surface area contributed by atoms with Crippen LogP contribution in [0.3, 0.4) is 0 Å². The third-order valence-corrected chi connectivity index (χ3v) is 4.85. The highest BCUT2D eigenvalue weighted by molar-refractivity contribution is 7.80. The lowest BCUT2D eigenvalue weighted by atomic mass is 10.2. The predicted molar refractivity (Wildman–Crippen MR) is 116 cm³/mol. The number of benzene rings is 1. The molecule has 7 heteroatoms. The molecule has 0 heterocycles. The maximum absolute atomic E-state index is 10.9. The van der Waals surface area contributed by atoms with Crippen LogP contribution >= 0.6 is 12.2 Å². The van der Waals surface area contributed by atoms with E-state index in [1.807, 2.05) is 0 Å². The van der Waals surface area contributed by atoms with Crippen LogP contribution in [0.2, 0.25) is 0 Å². The van der Waals surface area contributed by atoms with E-state index in [1.165, 1.54) is 57.8 Å². The molecule has 0 atom stereocenters. The van der Waals surface area contributed by atoms with E-state index >= 15 is 0 Å². The molecule has 0 aliphatic rings. The summed E-state index contributed by atoms with van der Waals surface area (Å²) in [5, 5.41) is 14.8. The van der Waals surface area contributed by atoms with E-state index in [0.29, 0.717) is 16.5 Å². The smallest absolute Gasteiger partial charge is 0.273 e. The van der Waals surface area contributed by atoms with E-state index in [1.54, 1.807) is 6.07 Å². The van der Waals surface area contributed by atoms with Gasteiger partial charge in [0.25, 0.3) is 5.69 Å². The van der Waals surface area contributed by atoms with Gasteiger partial charge in [-0.3, -0.25) is 10.1 Å². The molecule has 0 fully saturated rings. The van der Waals surface area contributed by atoms with E-state index in [9.17, 15) is 10.1 Å². The molecular weight excluding hydrogens is 362 g/mol. The first-order valence-electron chi connectivity index (χ1n) is 9.91. The predicted octanol–water partition coefficient (Wildman–Crippen LogP) is 5.76. The van der Waals surface area contributed by atoms with Crippen LogP contribution < -0.4 is 10.1 Å². The van der Waals surface area contributed by atoms with E-state index in [2.05, 4.69) is 24.1 Å². The van der Waals surface area contributed by atoms with Crippen LogP contribution in [0.15, 0.2) is 18.2 Å². The van der Waals surface area contributed by atoms with Crippen molar-refractivity contribution in [2.45, 2.75) is 65.2 Å². The monoisotopic (exact) mass is 395 g/mol. The van der Waals surface area contributed by atoms with Crippen LogP contribution in [0.1, 0.15) is 65.2 Å². The number of hydrogen-bond donors (Lipinski definition) is 1. The van der Waals surface area contributed by atoms with E-state index in [0.717, 1.165) is 25.9 Å². The second-order valence-corrected chi connectivity index (χ2v) is 7.07. The number of nitrogens with zero attached hydrogens (tertiary/aromatic N) is 2. The maximum Gasteiger partial charge on any atom is 0.273 e. The molecule has 0 amide bonds.